The van der Waals surface area contributed by atoms with Gasteiger partial charge in [0, 0.05) is 32.1 Å². The van der Waals surface area contributed by atoms with Crippen LogP contribution in [0.5, 0.6) is 0 Å². The Bertz CT molecular complexity index is 220. The quantitative estimate of drug-likeness (QED) is 0.722. The van der Waals surface area contributed by atoms with Gasteiger partial charge < -0.3 is 11.1 Å². The Morgan fingerprint density at radius 2 is 2.31 bits per heavy atom. The monoisotopic (exact) mass is 227 g/mol. The van der Waals surface area contributed by atoms with Crippen LogP contribution < -0.4 is 11.1 Å². The third-order valence-electron chi connectivity index (χ3n) is 3.47. The smallest absolute Gasteiger partial charge is 0.221 e. The molecule has 2 atom stereocenters. The van der Waals surface area contributed by atoms with Crippen LogP contribution in [0.4, 0.5) is 0 Å². The van der Waals surface area contributed by atoms with Gasteiger partial charge in [-0.25, -0.2) is 0 Å². The van der Waals surface area contributed by atoms with E-state index in [-0.39, 0.29) is 5.91 Å². The summed E-state index contributed by atoms with van der Waals surface area (Å²) >= 11 is 0. The number of carbonyl (C=O) groups excluding carboxylic acids is 1. The number of hydrogen-bond donors (Lipinski definition) is 2. The number of likely N-dealkylation sites (tertiary alicyclic amines) is 1. The van der Waals surface area contributed by atoms with Crippen LogP contribution >= 0.6 is 0 Å². The van der Waals surface area contributed by atoms with E-state index in [9.17, 15) is 4.79 Å². The van der Waals surface area contributed by atoms with E-state index in [1.165, 1.54) is 12.8 Å². The predicted octanol–water partition coefficient (Wildman–Crippen LogP) is 0.572. The molecule has 1 rings (SSSR count). The van der Waals surface area contributed by atoms with Crippen molar-refractivity contribution in [1.82, 2.24) is 10.2 Å². The fraction of sp³-hybridized carbons (Fsp3) is 0.917. The standard InChI is InChI=1S/C12H25N3O/c1-3-14-12(16)6-8-15-7-4-5-10(2)11(15)9-13/h10-11H,3-9,13H2,1-2H3,(H,14,16). The van der Waals surface area contributed by atoms with Gasteiger partial charge in [-0.3, -0.25) is 9.69 Å². The van der Waals surface area contributed by atoms with E-state index < -0.39 is 0 Å². The zero-order valence-electron chi connectivity index (χ0n) is 10.5. The van der Waals surface area contributed by atoms with Gasteiger partial charge in [-0.15, -0.1) is 0 Å². The van der Waals surface area contributed by atoms with Gasteiger partial charge in [-0.1, -0.05) is 6.92 Å². The van der Waals surface area contributed by atoms with Crippen LogP contribution in [0.3, 0.4) is 0 Å². The number of nitrogens with zero attached hydrogens (tertiary/aromatic N) is 1. The highest BCUT2D eigenvalue weighted by molar-refractivity contribution is 5.75. The van der Waals surface area contributed by atoms with Crippen molar-refractivity contribution >= 4 is 5.91 Å². The van der Waals surface area contributed by atoms with Crippen molar-refractivity contribution in [2.24, 2.45) is 11.7 Å². The Morgan fingerprint density at radius 1 is 1.56 bits per heavy atom. The van der Waals surface area contributed by atoms with Crippen molar-refractivity contribution in [3.63, 3.8) is 0 Å². The molecule has 0 bridgehead atoms. The first-order chi connectivity index (χ1) is 7.69. The molecule has 1 heterocycles. The van der Waals surface area contributed by atoms with Gasteiger partial charge in [-0.2, -0.15) is 0 Å². The Balaban J connectivity index is 2.36. The number of nitrogens with two attached hydrogens (primary N) is 1. The van der Waals surface area contributed by atoms with Crippen LogP contribution in [0.15, 0.2) is 0 Å². The molecule has 0 aliphatic carbocycles. The van der Waals surface area contributed by atoms with Gasteiger partial charge in [0.2, 0.25) is 5.91 Å². The number of piperidine rings is 1. The molecule has 16 heavy (non-hydrogen) atoms. The summed E-state index contributed by atoms with van der Waals surface area (Å²) < 4.78 is 0. The first-order valence-corrected chi connectivity index (χ1v) is 6.39. The Hall–Kier alpha value is -0.610. The minimum Gasteiger partial charge on any atom is -0.356 e. The highest BCUT2D eigenvalue weighted by Crippen LogP contribution is 2.22. The second-order valence-corrected chi connectivity index (χ2v) is 4.66. The maximum absolute atomic E-state index is 11.4. The molecule has 0 radical (unpaired) electrons. The minimum absolute atomic E-state index is 0.150. The molecule has 1 amide bonds. The largest absolute Gasteiger partial charge is 0.356 e. The van der Waals surface area contributed by atoms with Gasteiger partial charge in [0.05, 0.1) is 0 Å². The number of nitrogens with one attached hydrogen (secondary N) is 1. The molecule has 94 valence electrons. The third kappa shape index (κ3) is 3.76. The summed E-state index contributed by atoms with van der Waals surface area (Å²) in [6.45, 7) is 7.56. The molecule has 3 N–H and O–H groups in total. The molecule has 4 nitrogen and oxygen atoms in total. The topological polar surface area (TPSA) is 58.4 Å². The van der Waals surface area contributed by atoms with Gasteiger partial charge >= 0.3 is 0 Å². The lowest BCUT2D eigenvalue weighted by Gasteiger charge is -2.39. The molecule has 1 saturated heterocycles. The van der Waals surface area contributed by atoms with Crippen LogP contribution in [-0.2, 0) is 4.79 Å². The van der Waals surface area contributed by atoms with E-state index in [0.717, 1.165) is 19.6 Å². The van der Waals surface area contributed by atoms with Crippen molar-refractivity contribution in [2.75, 3.05) is 26.2 Å². The Labute approximate surface area is 98.6 Å². The predicted molar refractivity (Wildman–Crippen MR) is 66.1 cm³/mol. The molecule has 0 saturated carbocycles. The second-order valence-electron chi connectivity index (χ2n) is 4.66. The fourth-order valence-corrected chi connectivity index (χ4v) is 2.52. The highest BCUT2D eigenvalue weighted by atomic mass is 16.1. The summed E-state index contributed by atoms with van der Waals surface area (Å²) in [6, 6.07) is 0.461. The fourth-order valence-electron chi connectivity index (χ4n) is 2.52. The van der Waals surface area contributed by atoms with E-state index >= 15 is 0 Å². The summed E-state index contributed by atoms with van der Waals surface area (Å²) in [7, 11) is 0. The van der Waals surface area contributed by atoms with Gasteiger partial charge in [0.25, 0.3) is 0 Å². The summed E-state index contributed by atoms with van der Waals surface area (Å²) in [4.78, 5) is 13.8. The average Bonchev–Trinajstić information content (AvgIpc) is 2.27. The number of carbonyl (C=O) groups is 1. The first kappa shape index (κ1) is 13.5. The number of hydrogen-bond acceptors (Lipinski definition) is 3. The third-order valence-corrected chi connectivity index (χ3v) is 3.47. The van der Waals surface area contributed by atoms with Crippen LogP contribution in [0.2, 0.25) is 0 Å². The van der Waals surface area contributed by atoms with E-state index in [1.807, 2.05) is 6.92 Å². The summed E-state index contributed by atoms with van der Waals surface area (Å²) in [5.41, 5.74) is 5.81. The molecular formula is C12H25N3O. The molecule has 0 aromatic heterocycles. The lowest BCUT2D eigenvalue weighted by Crippen LogP contribution is -2.49. The van der Waals surface area contributed by atoms with Crippen LogP contribution in [-0.4, -0.2) is 43.0 Å². The Morgan fingerprint density at radius 3 is 2.94 bits per heavy atom. The van der Waals surface area contributed by atoms with Crippen LogP contribution in [0.1, 0.15) is 33.1 Å². The molecule has 1 aliphatic rings. The van der Waals surface area contributed by atoms with E-state index in [4.69, 9.17) is 5.73 Å². The van der Waals surface area contributed by atoms with Gasteiger partial charge in [-0.05, 0) is 32.2 Å². The van der Waals surface area contributed by atoms with Crippen LogP contribution in [0.25, 0.3) is 0 Å². The molecule has 0 spiro atoms. The van der Waals surface area contributed by atoms with E-state index in [0.29, 0.717) is 24.9 Å². The number of rotatable bonds is 5. The summed E-state index contributed by atoms with van der Waals surface area (Å²) in [5, 5.41) is 2.83. The minimum atomic E-state index is 0.150. The number of amides is 1. The zero-order chi connectivity index (χ0) is 12.0. The maximum atomic E-state index is 11.4. The first-order valence-electron chi connectivity index (χ1n) is 6.39. The van der Waals surface area contributed by atoms with Gasteiger partial charge in [0.15, 0.2) is 0 Å². The average molecular weight is 227 g/mol. The maximum Gasteiger partial charge on any atom is 0.221 e. The van der Waals surface area contributed by atoms with Crippen LogP contribution in [0, 0.1) is 5.92 Å². The molecule has 0 aromatic rings. The van der Waals surface area contributed by atoms with E-state index in [2.05, 4.69) is 17.1 Å². The zero-order valence-corrected chi connectivity index (χ0v) is 10.5. The summed E-state index contributed by atoms with van der Waals surface area (Å²) in [5.74, 6) is 0.810. The normalized spacial score (nSPS) is 26.7. The summed E-state index contributed by atoms with van der Waals surface area (Å²) in [6.07, 6.45) is 3.09. The van der Waals surface area contributed by atoms with Crippen molar-refractivity contribution in [2.45, 2.75) is 39.2 Å². The van der Waals surface area contributed by atoms with Crippen molar-refractivity contribution in [1.29, 1.82) is 0 Å². The van der Waals surface area contributed by atoms with Crippen molar-refractivity contribution in [3.8, 4) is 0 Å². The lowest BCUT2D eigenvalue weighted by molar-refractivity contribution is -0.121. The molecule has 2 unspecified atom stereocenters. The molecular weight excluding hydrogens is 202 g/mol. The van der Waals surface area contributed by atoms with E-state index in [1.54, 1.807) is 0 Å². The molecule has 0 aromatic carbocycles. The lowest BCUT2D eigenvalue weighted by atomic mass is 9.90. The molecule has 1 aliphatic heterocycles. The second kappa shape index (κ2) is 6.86. The van der Waals surface area contributed by atoms with Gasteiger partial charge in [0.1, 0.15) is 0 Å². The van der Waals surface area contributed by atoms with Crippen molar-refractivity contribution < 1.29 is 4.79 Å². The molecule has 1 fully saturated rings. The Kier molecular flexibility index (Phi) is 5.77. The molecule has 4 heteroatoms. The van der Waals surface area contributed by atoms with Crippen molar-refractivity contribution in [3.05, 3.63) is 0 Å². The highest BCUT2D eigenvalue weighted by Gasteiger charge is 2.27. The SMILES string of the molecule is CCNC(=O)CCN1CCCC(C)C1CN.